The molecule has 0 amide bonds. The van der Waals surface area contributed by atoms with Crippen LogP contribution in [-0.4, -0.2) is 19.1 Å². The quantitative estimate of drug-likeness (QED) is 0.198. The van der Waals surface area contributed by atoms with Crippen LogP contribution in [0.1, 0.15) is 17.7 Å². The lowest BCUT2D eigenvalue weighted by atomic mass is 10.00. The molecule has 226 valence electrons. The molecule has 0 aliphatic heterocycles. The van der Waals surface area contributed by atoms with Gasteiger partial charge in [-0.3, -0.25) is 4.57 Å². The second kappa shape index (κ2) is 10.6. The van der Waals surface area contributed by atoms with E-state index in [0.717, 1.165) is 52.5 Å². The molecule has 0 bridgehead atoms. The molecule has 0 fully saturated rings. The standard InChI is InChI=1S/C44H30N4/c1-4-15-30(16-5-1)38-28-42(46-44(45-38)31-17-6-2-7-18-31)48-39-23-13-12-22-34(39)36-26-40-37(27-41(36)48)35-25-24-29-14-10-11-21-33(29)43(35)47(40)32-19-8-3-9-20-32/h1-11,13-21,23-28H,12,22H2. The van der Waals surface area contributed by atoms with Gasteiger partial charge < -0.3 is 4.57 Å². The number of allylic oxidation sites excluding steroid dienone is 1. The van der Waals surface area contributed by atoms with E-state index < -0.39 is 0 Å². The van der Waals surface area contributed by atoms with E-state index in [1.54, 1.807) is 0 Å². The van der Waals surface area contributed by atoms with Crippen molar-refractivity contribution >= 4 is 49.6 Å². The summed E-state index contributed by atoms with van der Waals surface area (Å²) >= 11 is 0. The molecule has 0 atom stereocenters. The third-order valence-electron chi connectivity index (χ3n) is 9.78. The molecule has 48 heavy (non-hydrogen) atoms. The van der Waals surface area contributed by atoms with Crippen molar-refractivity contribution in [2.24, 2.45) is 0 Å². The number of nitrogens with zero attached hydrogens (tertiary/aromatic N) is 4. The molecule has 3 aromatic heterocycles. The lowest BCUT2D eigenvalue weighted by molar-refractivity contribution is 0.947. The van der Waals surface area contributed by atoms with Crippen molar-refractivity contribution in [2.45, 2.75) is 12.8 Å². The van der Waals surface area contributed by atoms with Gasteiger partial charge in [0, 0.05) is 44.4 Å². The summed E-state index contributed by atoms with van der Waals surface area (Å²) in [6.45, 7) is 0. The predicted molar refractivity (Wildman–Crippen MR) is 199 cm³/mol. The van der Waals surface area contributed by atoms with Crippen LogP contribution in [-0.2, 0) is 6.42 Å². The molecule has 3 heterocycles. The van der Waals surface area contributed by atoms with Crippen molar-refractivity contribution in [2.75, 3.05) is 0 Å². The van der Waals surface area contributed by atoms with Crippen LogP contribution < -0.4 is 0 Å². The average molecular weight is 615 g/mol. The Kier molecular flexibility index (Phi) is 5.97. The molecule has 1 aliphatic carbocycles. The minimum absolute atomic E-state index is 0.718. The van der Waals surface area contributed by atoms with Gasteiger partial charge in [-0.05, 0) is 54.1 Å². The Hall–Kier alpha value is -6.26. The van der Waals surface area contributed by atoms with Crippen molar-refractivity contribution in [1.29, 1.82) is 0 Å². The van der Waals surface area contributed by atoms with Crippen molar-refractivity contribution < 1.29 is 0 Å². The maximum atomic E-state index is 5.28. The van der Waals surface area contributed by atoms with Crippen LogP contribution in [0.4, 0.5) is 0 Å². The summed E-state index contributed by atoms with van der Waals surface area (Å²) in [5.41, 5.74) is 10.3. The third kappa shape index (κ3) is 4.09. The molecule has 0 unspecified atom stereocenters. The molecule has 6 aromatic carbocycles. The topological polar surface area (TPSA) is 35.6 Å². The Morgan fingerprint density at radius 3 is 2.02 bits per heavy atom. The highest BCUT2D eigenvalue weighted by Crippen LogP contribution is 2.42. The van der Waals surface area contributed by atoms with Gasteiger partial charge in [0.15, 0.2) is 5.82 Å². The Bertz CT molecular complexity index is 2640. The van der Waals surface area contributed by atoms with Gasteiger partial charge in [-0.15, -0.1) is 0 Å². The second-order valence-electron chi connectivity index (χ2n) is 12.5. The van der Waals surface area contributed by atoms with E-state index in [4.69, 9.17) is 9.97 Å². The molecule has 1 aliphatic rings. The number of aryl methyl sites for hydroxylation is 1. The van der Waals surface area contributed by atoms with Gasteiger partial charge in [-0.25, -0.2) is 9.97 Å². The molecule has 0 N–H and O–H groups in total. The average Bonchev–Trinajstić information content (AvgIpc) is 3.67. The summed E-state index contributed by atoms with van der Waals surface area (Å²) in [5, 5.41) is 6.24. The second-order valence-corrected chi connectivity index (χ2v) is 12.5. The van der Waals surface area contributed by atoms with E-state index in [1.165, 1.54) is 49.2 Å². The summed E-state index contributed by atoms with van der Waals surface area (Å²) in [7, 11) is 0. The fourth-order valence-electron chi connectivity index (χ4n) is 7.62. The van der Waals surface area contributed by atoms with Crippen molar-refractivity contribution in [3.63, 3.8) is 0 Å². The van der Waals surface area contributed by atoms with Crippen molar-refractivity contribution in [3.05, 3.63) is 163 Å². The summed E-state index contributed by atoms with van der Waals surface area (Å²) in [6.07, 6.45) is 6.58. The van der Waals surface area contributed by atoms with E-state index in [0.29, 0.717) is 0 Å². The first-order valence-electron chi connectivity index (χ1n) is 16.6. The SMILES string of the molecule is C1=Cc2c(c3cc4c(cc3n2-c2cc(-c3ccccc3)nc(-c3ccccc3)n2)c2ccc3ccccc3c2n4-c2ccccc2)CC1. The first-order valence-corrected chi connectivity index (χ1v) is 16.6. The minimum atomic E-state index is 0.718. The van der Waals surface area contributed by atoms with Crippen LogP contribution in [0, 0.1) is 0 Å². The molecule has 4 nitrogen and oxygen atoms in total. The number of hydrogen-bond donors (Lipinski definition) is 0. The van der Waals surface area contributed by atoms with Crippen LogP contribution in [0.3, 0.4) is 0 Å². The molecule has 4 heteroatoms. The van der Waals surface area contributed by atoms with E-state index in [2.05, 4.69) is 143 Å². The molecule has 10 rings (SSSR count). The molecule has 0 saturated carbocycles. The van der Waals surface area contributed by atoms with E-state index >= 15 is 0 Å². The number of rotatable bonds is 4. The molecular formula is C44H30N4. The number of para-hydroxylation sites is 1. The Morgan fingerprint density at radius 1 is 0.521 bits per heavy atom. The maximum Gasteiger partial charge on any atom is 0.162 e. The van der Waals surface area contributed by atoms with E-state index in [9.17, 15) is 0 Å². The first kappa shape index (κ1) is 26.9. The smallest absolute Gasteiger partial charge is 0.162 e. The van der Waals surface area contributed by atoms with Crippen LogP contribution in [0.15, 0.2) is 152 Å². The number of aromatic nitrogens is 4. The van der Waals surface area contributed by atoms with Crippen molar-refractivity contribution in [1.82, 2.24) is 19.1 Å². The first-order chi connectivity index (χ1) is 23.8. The summed E-state index contributed by atoms with van der Waals surface area (Å²) in [4.78, 5) is 10.4. The number of benzene rings is 6. The normalized spacial score (nSPS) is 12.8. The Labute approximate surface area is 277 Å². The fourth-order valence-corrected chi connectivity index (χ4v) is 7.62. The van der Waals surface area contributed by atoms with Crippen LogP contribution in [0.2, 0.25) is 0 Å². The molecule has 0 spiro atoms. The minimum Gasteiger partial charge on any atom is -0.309 e. The highest BCUT2D eigenvalue weighted by molar-refractivity contribution is 6.21. The Balaban J connectivity index is 1.33. The van der Waals surface area contributed by atoms with Gasteiger partial charge >= 0.3 is 0 Å². The van der Waals surface area contributed by atoms with Crippen LogP contribution >= 0.6 is 0 Å². The largest absolute Gasteiger partial charge is 0.309 e. The maximum absolute atomic E-state index is 5.28. The van der Waals surface area contributed by atoms with Crippen LogP contribution in [0.25, 0.3) is 83.7 Å². The zero-order chi connectivity index (χ0) is 31.6. The van der Waals surface area contributed by atoms with Gasteiger partial charge in [0.25, 0.3) is 0 Å². The van der Waals surface area contributed by atoms with Gasteiger partial charge in [0.05, 0.1) is 27.9 Å². The highest BCUT2D eigenvalue weighted by Gasteiger charge is 2.24. The molecular weight excluding hydrogens is 585 g/mol. The van der Waals surface area contributed by atoms with E-state index in [-0.39, 0.29) is 0 Å². The van der Waals surface area contributed by atoms with Gasteiger partial charge in [0.2, 0.25) is 0 Å². The predicted octanol–water partition coefficient (Wildman–Crippen LogP) is 11.0. The lowest BCUT2D eigenvalue weighted by Gasteiger charge is -2.14. The summed E-state index contributed by atoms with van der Waals surface area (Å²) in [5.74, 6) is 1.59. The number of fused-ring (bicyclic) bond motifs is 8. The van der Waals surface area contributed by atoms with Gasteiger partial charge in [0.1, 0.15) is 5.82 Å². The third-order valence-corrected chi connectivity index (χ3v) is 9.78. The number of hydrogen-bond acceptors (Lipinski definition) is 2. The molecule has 0 saturated heterocycles. The molecule has 0 radical (unpaired) electrons. The Morgan fingerprint density at radius 2 is 1.21 bits per heavy atom. The zero-order valence-corrected chi connectivity index (χ0v) is 26.2. The summed E-state index contributed by atoms with van der Waals surface area (Å²) < 4.78 is 4.83. The van der Waals surface area contributed by atoms with Gasteiger partial charge in [-0.2, -0.15) is 0 Å². The highest BCUT2D eigenvalue weighted by atomic mass is 15.1. The molecule has 9 aromatic rings. The van der Waals surface area contributed by atoms with E-state index in [1.807, 2.05) is 24.3 Å². The lowest BCUT2D eigenvalue weighted by Crippen LogP contribution is -2.05. The fraction of sp³-hybridized carbons (Fsp3) is 0.0455. The monoisotopic (exact) mass is 614 g/mol. The van der Waals surface area contributed by atoms with Gasteiger partial charge in [-0.1, -0.05) is 121 Å². The van der Waals surface area contributed by atoms with Crippen LogP contribution in [0.5, 0.6) is 0 Å². The summed E-state index contributed by atoms with van der Waals surface area (Å²) in [6, 6.07) is 51.8. The van der Waals surface area contributed by atoms with Crippen molar-refractivity contribution in [3.8, 4) is 34.2 Å². The zero-order valence-electron chi connectivity index (χ0n) is 26.2.